The van der Waals surface area contributed by atoms with E-state index in [1.807, 2.05) is 31.7 Å². The predicted octanol–water partition coefficient (Wildman–Crippen LogP) is 2.88. The third kappa shape index (κ3) is 2.55. The molecular weight excluding hydrogens is 230 g/mol. The topological polar surface area (TPSA) is 48.7 Å². The van der Waals surface area contributed by atoms with Crippen LogP contribution in [0.3, 0.4) is 0 Å². The molecule has 0 amide bonds. The van der Waals surface area contributed by atoms with Gasteiger partial charge in [-0.15, -0.1) is 0 Å². The van der Waals surface area contributed by atoms with Gasteiger partial charge < -0.3 is 5.32 Å². The van der Waals surface area contributed by atoms with E-state index in [9.17, 15) is 0 Å². The normalized spacial score (nSPS) is 16.4. The Morgan fingerprint density at radius 1 is 1.53 bits per heavy atom. The molecule has 0 spiro atoms. The first kappa shape index (κ1) is 12.3. The fourth-order valence-corrected chi connectivity index (χ4v) is 2.68. The Morgan fingerprint density at radius 2 is 2.24 bits per heavy atom. The summed E-state index contributed by atoms with van der Waals surface area (Å²) in [5.41, 5.74) is 3.37. The van der Waals surface area contributed by atoms with Gasteiger partial charge in [-0.1, -0.05) is 0 Å². The Labute approximate surface area is 107 Å². The van der Waals surface area contributed by atoms with Gasteiger partial charge in [0.2, 0.25) is 0 Å². The molecule has 4 heteroatoms. The average Bonchev–Trinajstić information content (AvgIpc) is 3.06. The van der Waals surface area contributed by atoms with Gasteiger partial charge in [0.25, 0.3) is 0 Å². The first-order valence-corrected chi connectivity index (χ1v) is 7.00. The zero-order valence-electron chi connectivity index (χ0n) is 10.5. The van der Waals surface area contributed by atoms with E-state index in [2.05, 4.69) is 22.6 Å². The van der Waals surface area contributed by atoms with Crippen molar-refractivity contribution in [2.75, 3.05) is 18.1 Å². The molecule has 0 aliphatic heterocycles. The first-order chi connectivity index (χ1) is 8.10. The van der Waals surface area contributed by atoms with Crippen LogP contribution in [0.1, 0.15) is 29.8 Å². The monoisotopic (exact) mass is 247 g/mol. The molecule has 0 aromatic carbocycles. The molecule has 90 valence electrons. The van der Waals surface area contributed by atoms with Crippen LogP contribution in [0.5, 0.6) is 0 Å². The lowest BCUT2D eigenvalue weighted by Gasteiger charge is -2.16. The molecule has 0 saturated heterocycles. The summed E-state index contributed by atoms with van der Waals surface area (Å²) in [5.74, 6) is 0. The van der Waals surface area contributed by atoms with Crippen LogP contribution in [0.4, 0.5) is 5.69 Å². The maximum atomic E-state index is 9.16. The van der Waals surface area contributed by atoms with Crippen LogP contribution < -0.4 is 5.32 Å². The minimum absolute atomic E-state index is 0.401. The van der Waals surface area contributed by atoms with Gasteiger partial charge in [0.05, 0.1) is 16.9 Å². The van der Waals surface area contributed by atoms with Gasteiger partial charge in [0, 0.05) is 17.0 Å². The van der Waals surface area contributed by atoms with Crippen molar-refractivity contribution in [1.29, 1.82) is 5.26 Å². The summed E-state index contributed by atoms with van der Waals surface area (Å²) in [5, 5.41) is 12.6. The van der Waals surface area contributed by atoms with E-state index in [4.69, 9.17) is 5.26 Å². The molecule has 0 bridgehead atoms. The predicted molar refractivity (Wildman–Crippen MR) is 72.4 cm³/mol. The van der Waals surface area contributed by atoms with Crippen LogP contribution in [0.25, 0.3) is 0 Å². The van der Waals surface area contributed by atoms with Crippen LogP contribution in [0, 0.1) is 25.2 Å². The number of hydrogen-bond acceptors (Lipinski definition) is 4. The molecule has 1 aliphatic rings. The van der Waals surface area contributed by atoms with Gasteiger partial charge in [-0.05, 0) is 39.0 Å². The molecule has 0 radical (unpaired) electrons. The summed E-state index contributed by atoms with van der Waals surface area (Å²) >= 11 is 1.92. The average molecular weight is 247 g/mol. The summed E-state index contributed by atoms with van der Waals surface area (Å²) < 4.78 is 0.401. The number of thioether (sulfide) groups is 1. The third-order valence-electron chi connectivity index (χ3n) is 3.28. The van der Waals surface area contributed by atoms with Crippen LogP contribution in [-0.4, -0.2) is 22.5 Å². The standard InChI is InChI=1S/C13H17N3S/c1-9-6-12(11(7-14)10(2)16-9)15-8-13(17-3)4-5-13/h6H,4-5,8H2,1-3H3,(H,15,16). The number of nitriles is 1. The smallest absolute Gasteiger partial charge is 0.103 e. The summed E-state index contributed by atoms with van der Waals surface area (Å²) in [4.78, 5) is 4.32. The van der Waals surface area contributed by atoms with Gasteiger partial charge in [0.15, 0.2) is 0 Å². The van der Waals surface area contributed by atoms with Crippen molar-refractivity contribution in [2.24, 2.45) is 0 Å². The maximum absolute atomic E-state index is 9.16. The largest absolute Gasteiger partial charge is 0.382 e. The minimum Gasteiger partial charge on any atom is -0.382 e. The van der Waals surface area contributed by atoms with Crippen molar-refractivity contribution in [3.05, 3.63) is 23.0 Å². The van der Waals surface area contributed by atoms with Gasteiger partial charge in [-0.2, -0.15) is 17.0 Å². The number of anilines is 1. The van der Waals surface area contributed by atoms with Crippen molar-refractivity contribution < 1.29 is 0 Å². The minimum atomic E-state index is 0.401. The molecule has 1 heterocycles. The molecule has 0 atom stereocenters. The Morgan fingerprint density at radius 3 is 2.76 bits per heavy atom. The SMILES string of the molecule is CSC1(CNc2cc(C)nc(C)c2C#N)CC1. The van der Waals surface area contributed by atoms with Crippen LogP contribution in [-0.2, 0) is 0 Å². The molecule has 0 unspecified atom stereocenters. The summed E-state index contributed by atoms with van der Waals surface area (Å²) in [7, 11) is 0. The van der Waals surface area contributed by atoms with E-state index in [1.165, 1.54) is 12.8 Å². The lowest BCUT2D eigenvalue weighted by Crippen LogP contribution is -2.18. The van der Waals surface area contributed by atoms with E-state index in [1.54, 1.807) is 0 Å². The van der Waals surface area contributed by atoms with Crippen molar-refractivity contribution in [3.63, 3.8) is 0 Å². The first-order valence-electron chi connectivity index (χ1n) is 5.77. The van der Waals surface area contributed by atoms with Gasteiger partial charge in [-0.3, -0.25) is 4.98 Å². The molecule has 2 rings (SSSR count). The van der Waals surface area contributed by atoms with Gasteiger partial charge in [0.1, 0.15) is 6.07 Å². The number of rotatable bonds is 4. The molecule has 1 saturated carbocycles. The highest BCUT2D eigenvalue weighted by molar-refractivity contribution is 8.00. The second-order valence-corrected chi connectivity index (χ2v) is 5.90. The van der Waals surface area contributed by atoms with E-state index in [0.29, 0.717) is 10.3 Å². The molecule has 1 aromatic rings. The zero-order valence-corrected chi connectivity index (χ0v) is 11.3. The van der Waals surface area contributed by atoms with Crippen molar-refractivity contribution in [1.82, 2.24) is 4.98 Å². The quantitative estimate of drug-likeness (QED) is 0.888. The number of hydrogen-bond donors (Lipinski definition) is 1. The van der Waals surface area contributed by atoms with Crippen molar-refractivity contribution >= 4 is 17.4 Å². The number of aryl methyl sites for hydroxylation is 2. The van der Waals surface area contributed by atoms with Gasteiger partial charge in [-0.25, -0.2) is 0 Å². The molecule has 1 fully saturated rings. The van der Waals surface area contributed by atoms with Crippen molar-refractivity contribution in [3.8, 4) is 6.07 Å². The summed E-state index contributed by atoms with van der Waals surface area (Å²) in [6.07, 6.45) is 4.70. The van der Waals surface area contributed by atoms with Crippen molar-refractivity contribution in [2.45, 2.75) is 31.4 Å². The zero-order chi connectivity index (χ0) is 12.5. The fraction of sp³-hybridized carbons (Fsp3) is 0.538. The molecular formula is C13H17N3S. The Balaban J connectivity index is 2.18. The van der Waals surface area contributed by atoms with E-state index in [0.717, 1.165) is 23.6 Å². The second kappa shape index (κ2) is 4.58. The fourth-order valence-electron chi connectivity index (χ4n) is 1.96. The summed E-state index contributed by atoms with van der Waals surface area (Å²) in [6, 6.07) is 4.19. The van der Waals surface area contributed by atoms with Crippen LogP contribution >= 0.6 is 11.8 Å². The number of nitrogens with zero attached hydrogens (tertiary/aromatic N) is 2. The number of pyridine rings is 1. The highest BCUT2D eigenvalue weighted by Crippen LogP contribution is 2.47. The van der Waals surface area contributed by atoms with E-state index >= 15 is 0 Å². The van der Waals surface area contributed by atoms with Crippen LogP contribution in [0.15, 0.2) is 6.07 Å². The van der Waals surface area contributed by atoms with Gasteiger partial charge >= 0.3 is 0 Å². The Hall–Kier alpha value is -1.21. The maximum Gasteiger partial charge on any atom is 0.103 e. The second-order valence-electron chi connectivity index (χ2n) is 4.62. The lowest BCUT2D eigenvalue weighted by molar-refractivity contribution is 0.944. The Kier molecular flexibility index (Phi) is 3.30. The molecule has 1 N–H and O–H groups in total. The van der Waals surface area contributed by atoms with Crippen LogP contribution in [0.2, 0.25) is 0 Å². The molecule has 1 aliphatic carbocycles. The molecule has 17 heavy (non-hydrogen) atoms. The highest BCUT2D eigenvalue weighted by Gasteiger charge is 2.41. The third-order valence-corrected chi connectivity index (χ3v) is 4.70. The van der Waals surface area contributed by atoms with E-state index < -0.39 is 0 Å². The molecule has 1 aromatic heterocycles. The number of nitrogens with one attached hydrogen (secondary N) is 1. The Bertz CT molecular complexity index is 472. The summed E-state index contributed by atoms with van der Waals surface area (Å²) in [6.45, 7) is 4.78. The number of aromatic nitrogens is 1. The highest BCUT2D eigenvalue weighted by atomic mass is 32.2. The lowest BCUT2D eigenvalue weighted by atomic mass is 10.1. The molecule has 3 nitrogen and oxygen atoms in total. The van der Waals surface area contributed by atoms with E-state index in [-0.39, 0.29) is 0 Å².